The number of carbonyl (C=O) groups is 2. The number of Topliss-reactive ketones (excluding diaryl/α,β-unsaturated/α-hetero) is 1. The third kappa shape index (κ3) is 2.68. The lowest BCUT2D eigenvalue weighted by atomic mass is 9.79. The Labute approximate surface area is 109 Å². The molecular formula is C14H23NO3. The Kier molecular flexibility index (Phi) is 3.39. The summed E-state index contributed by atoms with van der Waals surface area (Å²) in [6.45, 7) is 6.43. The second-order valence-corrected chi connectivity index (χ2v) is 6.50. The van der Waals surface area contributed by atoms with E-state index in [0.29, 0.717) is 18.6 Å². The first-order valence-electron chi connectivity index (χ1n) is 6.85. The number of ketones is 1. The third-order valence-corrected chi connectivity index (χ3v) is 3.95. The van der Waals surface area contributed by atoms with Crippen LogP contribution in [0, 0.1) is 0 Å². The predicted octanol–water partition coefficient (Wildman–Crippen LogP) is 2.90. The number of hydrogen-bond donors (Lipinski definition) is 0. The van der Waals surface area contributed by atoms with Gasteiger partial charge in [-0.05, 0) is 46.5 Å². The molecule has 4 nitrogen and oxygen atoms in total. The van der Waals surface area contributed by atoms with Gasteiger partial charge < -0.3 is 9.64 Å². The van der Waals surface area contributed by atoms with Gasteiger partial charge in [0, 0.05) is 24.9 Å². The molecule has 102 valence electrons. The van der Waals surface area contributed by atoms with Gasteiger partial charge in [-0.2, -0.15) is 0 Å². The highest BCUT2D eigenvalue weighted by atomic mass is 16.6. The summed E-state index contributed by atoms with van der Waals surface area (Å²) in [4.78, 5) is 25.5. The summed E-state index contributed by atoms with van der Waals surface area (Å²) in [5.41, 5.74) is -0.554. The molecule has 0 atom stereocenters. The first-order chi connectivity index (χ1) is 8.32. The van der Waals surface area contributed by atoms with Gasteiger partial charge in [0.25, 0.3) is 0 Å². The lowest BCUT2D eigenvalue weighted by molar-refractivity contribution is -0.122. The lowest BCUT2D eigenvalue weighted by Gasteiger charge is -2.41. The van der Waals surface area contributed by atoms with Crippen molar-refractivity contribution in [3.63, 3.8) is 0 Å². The summed E-state index contributed by atoms with van der Waals surface area (Å²) in [5.74, 6) is 0.330. The molecule has 0 radical (unpaired) electrons. The van der Waals surface area contributed by atoms with Gasteiger partial charge in [-0.3, -0.25) is 4.79 Å². The second-order valence-electron chi connectivity index (χ2n) is 6.50. The second kappa shape index (κ2) is 4.56. The molecule has 2 aliphatic rings. The van der Waals surface area contributed by atoms with Crippen molar-refractivity contribution in [2.75, 3.05) is 6.54 Å². The van der Waals surface area contributed by atoms with E-state index in [0.717, 1.165) is 32.2 Å². The fourth-order valence-electron chi connectivity index (χ4n) is 3.05. The molecule has 18 heavy (non-hydrogen) atoms. The molecule has 0 bridgehead atoms. The number of ether oxygens (including phenoxy) is 1. The van der Waals surface area contributed by atoms with E-state index in [1.807, 2.05) is 25.7 Å². The van der Waals surface area contributed by atoms with Crippen LogP contribution in [-0.2, 0) is 9.53 Å². The van der Waals surface area contributed by atoms with E-state index in [2.05, 4.69) is 0 Å². The predicted molar refractivity (Wildman–Crippen MR) is 68.4 cm³/mol. The minimum atomic E-state index is -0.453. The van der Waals surface area contributed by atoms with Gasteiger partial charge in [-0.1, -0.05) is 0 Å². The van der Waals surface area contributed by atoms with Crippen LogP contribution in [0.1, 0.15) is 59.3 Å². The van der Waals surface area contributed by atoms with Crippen molar-refractivity contribution in [1.29, 1.82) is 0 Å². The quantitative estimate of drug-likeness (QED) is 0.667. The minimum Gasteiger partial charge on any atom is -0.444 e. The van der Waals surface area contributed by atoms with E-state index in [-0.39, 0.29) is 11.6 Å². The van der Waals surface area contributed by atoms with Gasteiger partial charge >= 0.3 is 6.09 Å². The number of amides is 1. The van der Waals surface area contributed by atoms with Crippen LogP contribution in [0.4, 0.5) is 4.79 Å². The molecule has 0 unspecified atom stereocenters. The molecule has 1 spiro atoms. The minimum absolute atomic E-state index is 0.101. The maximum Gasteiger partial charge on any atom is 0.410 e. The van der Waals surface area contributed by atoms with Crippen molar-refractivity contribution in [3.8, 4) is 0 Å². The Morgan fingerprint density at radius 1 is 1.22 bits per heavy atom. The molecule has 1 aliphatic carbocycles. The molecule has 0 aromatic heterocycles. The average molecular weight is 253 g/mol. The fourth-order valence-corrected chi connectivity index (χ4v) is 3.05. The number of nitrogens with zero attached hydrogens (tertiary/aromatic N) is 1. The van der Waals surface area contributed by atoms with Crippen molar-refractivity contribution >= 4 is 11.9 Å². The van der Waals surface area contributed by atoms with E-state index in [1.54, 1.807) is 0 Å². The highest BCUT2D eigenvalue weighted by Crippen LogP contribution is 2.41. The molecule has 0 N–H and O–H groups in total. The normalized spacial score (nSPS) is 23.5. The van der Waals surface area contributed by atoms with Crippen LogP contribution in [0.5, 0.6) is 0 Å². The molecule has 0 aromatic rings. The molecule has 1 saturated heterocycles. The van der Waals surface area contributed by atoms with Crippen molar-refractivity contribution in [3.05, 3.63) is 0 Å². The number of rotatable bonds is 0. The van der Waals surface area contributed by atoms with Gasteiger partial charge in [0.1, 0.15) is 11.4 Å². The van der Waals surface area contributed by atoms with E-state index in [9.17, 15) is 9.59 Å². The van der Waals surface area contributed by atoms with E-state index < -0.39 is 5.60 Å². The monoisotopic (exact) mass is 253 g/mol. The smallest absolute Gasteiger partial charge is 0.410 e. The standard InChI is InChI=1S/C14H23NO3/c1-13(2,3)18-12(17)15-10-4-7-14(15)8-5-11(16)6-9-14/h4-10H2,1-3H3. The highest BCUT2D eigenvalue weighted by molar-refractivity contribution is 5.80. The van der Waals surface area contributed by atoms with Crippen LogP contribution in [0.25, 0.3) is 0 Å². The molecule has 1 amide bonds. The van der Waals surface area contributed by atoms with E-state index >= 15 is 0 Å². The van der Waals surface area contributed by atoms with Crippen molar-refractivity contribution in [1.82, 2.24) is 4.90 Å². The van der Waals surface area contributed by atoms with Crippen LogP contribution >= 0.6 is 0 Å². The first kappa shape index (κ1) is 13.4. The molecule has 1 saturated carbocycles. The molecular weight excluding hydrogens is 230 g/mol. The molecule has 2 rings (SSSR count). The van der Waals surface area contributed by atoms with Gasteiger partial charge in [0.15, 0.2) is 0 Å². The van der Waals surface area contributed by atoms with Gasteiger partial charge in [-0.25, -0.2) is 4.79 Å². The van der Waals surface area contributed by atoms with E-state index in [4.69, 9.17) is 4.74 Å². The summed E-state index contributed by atoms with van der Waals surface area (Å²) >= 11 is 0. The Balaban J connectivity index is 2.07. The van der Waals surface area contributed by atoms with Gasteiger partial charge in [-0.15, -0.1) is 0 Å². The zero-order chi connectivity index (χ0) is 13.4. The van der Waals surface area contributed by atoms with Crippen LogP contribution in [0.3, 0.4) is 0 Å². The van der Waals surface area contributed by atoms with Crippen molar-refractivity contribution in [2.24, 2.45) is 0 Å². The fraction of sp³-hybridized carbons (Fsp3) is 0.857. The van der Waals surface area contributed by atoms with E-state index in [1.165, 1.54) is 0 Å². The van der Waals surface area contributed by atoms with Crippen LogP contribution in [0.2, 0.25) is 0 Å². The van der Waals surface area contributed by atoms with Crippen LogP contribution in [-0.4, -0.2) is 34.5 Å². The number of hydrogen-bond acceptors (Lipinski definition) is 3. The zero-order valence-corrected chi connectivity index (χ0v) is 11.6. The van der Waals surface area contributed by atoms with Crippen molar-refractivity contribution < 1.29 is 14.3 Å². The third-order valence-electron chi connectivity index (χ3n) is 3.95. The Morgan fingerprint density at radius 3 is 2.39 bits per heavy atom. The Bertz CT molecular complexity index is 347. The summed E-state index contributed by atoms with van der Waals surface area (Å²) in [6.07, 6.45) is 4.66. The Morgan fingerprint density at radius 2 is 1.83 bits per heavy atom. The highest BCUT2D eigenvalue weighted by Gasteiger charge is 2.46. The molecule has 0 aromatic carbocycles. The summed E-state index contributed by atoms with van der Waals surface area (Å²) in [6, 6.07) is 0. The molecule has 1 heterocycles. The van der Waals surface area contributed by atoms with Crippen molar-refractivity contribution in [2.45, 2.75) is 70.4 Å². The summed E-state index contributed by atoms with van der Waals surface area (Å²) in [7, 11) is 0. The molecule has 1 aliphatic heterocycles. The first-order valence-corrected chi connectivity index (χ1v) is 6.85. The molecule has 4 heteroatoms. The Hall–Kier alpha value is -1.06. The SMILES string of the molecule is CC(C)(C)OC(=O)N1CCCC12CCC(=O)CC2. The number of likely N-dealkylation sites (tertiary alicyclic amines) is 1. The average Bonchev–Trinajstić information content (AvgIpc) is 2.64. The van der Waals surface area contributed by atoms with Crippen LogP contribution in [0.15, 0.2) is 0 Å². The maximum absolute atomic E-state index is 12.2. The van der Waals surface area contributed by atoms with Crippen LogP contribution < -0.4 is 0 Å². The van der Waals surface area contributed by atoms with Gasteiger partial charge in [0.2, 0.25) is 0 Å². The zero-order valence-electron chi connectivity index (χ0n) is 11.6. The molecule has 2 fully saturated rings. The maximum atomic E-state index is 12.2. The largest absolute Gasteiger partial charge is 0.444 e. The topological polar surface area (TPSA) is 46.6 Å². The van der Waals surface area contributed by atoms with Gasteiger partial charge in [0.05, 0.1) is 0 Å². The summed E-state index contributed by atoms with van der Waals surface area (Å²) < 4.78 is 5.48. The number of carbonyl (C=O) groups excluding carboxylic acids is 2. The lowest BCUT2D eigenvalue weighted by Crippen LogP contribution is -2.51. The summed E-state index contributed by atoms with van der Waals surface area (Å²) in [5, 5.41) is 0.